The van der Waals surface area contributed by atoms with Crippen LogP contribution in [-0.2, 0) is 26.0 Å². The molecule has 0 aliphatic carbocycles. The highest BCUT2D eigenvalue weighted by molar-refractivity contribution is 7.89. The fourth-order valence-corrected chi connectivity index (χ4v) is 3.38. The van der Waals surface area contributed by atoms with Crippen molar-refractivity contribution in [2.24, 2.45) is 0 Å². The Kier molecular flexibility index (Phi) is 5.83. The lowest BCUT2D eigenvalue weighted by Crippen LogP contribution is -2.38. The molecule has 118 valence electrons. The monoisotopic (exact) mass is 335 g/mol. The molecule has 0 bridgehead atoms. The summed E-state index contributed by atoms with van der Waals surface area (Å²) in [5, 5.41) is 0.522. The third kappa shape index (κ3) is 5.12. The second-order valence-electron chi connectivity index (χ2n) is 4.63. The summed E-state index contributed by atoms with van der Waals surface area (Å²) in [6.07, 6.45) is -0.433. The molecule has 0 saturated carbocycles. The zero-order valence-corrected chi connectivity index (χ0v) is 13.2. The Bertz CT molecular complexity index is 572. The number of halogens is 1. The van der Waals surface area contributed by atoms with Gasteiger partial charge >= 0.3 is 0 Å². The van der Waals surface area contributed by atoms with Gasteiger partial charge in [0.2, 0.25) is 10.0 Å². The van der Waals surface area contributed by atoms with Gasteiger partial charge in [-0.25, -0.2) is 13.1 Å². The molecule has 0 radical (unpaired) electrons. The fraction of sp³-hybridized carbons (Fsp3) is 0.538. The van der Waals surface area contributed by atoms with E-state index < -0.39 is 16.1 Å². The van der Waals surface area contributed by atoms with Gasteiger partial charge in [-0.15, -0.1) is 0 Å². The zero-order chi connectivity index (χ0) is 15.3. The average Bonchev–Trinajstić information content (AvgIpc) is 2.46. The smallest absolute Gasteiger partial charge is 0.214 e. The molecule has 6 nitrogen and oxygen atoms in total. The molecule has 8 heteroatoms. The fourth-order valence-electron chi connectivity index (χ4n) is 2.01. The van der Waals surface area contributed by atoms with Crippen LogP contribution in [0.15, 0.2) is 18.2 Å². The molecule has 0 spiro atoms. The van der Waals surface area contributed by atoms with Crippen LogP contribution in [0.2, 0.25) is 5.02 Å². The molecule has 0 amide bonds. The van der Waals surface area contributed by atoms with Crippen LogP contribution >= 0.6 is 11.6 Å². The molecule has 2 rings (SSSR count). The standard InChI is InChI=1S/C13H18ClNO5S/c1-18-13-3-2-11(14)6-10(13)7-15-21(16,17)9-12-8-19-4-5-20-12/h2-3,6,12,15H,4-5,7-9H2,1H3. The minimum absolute atomic E-state index is 0.111. The van der Waals surface area contributed by atoms with E-state index in [1.165, 1.54) is 7.11 Å². The van der Waals surface area contributed by atoms with Gasteiger partial charge in [-0.1, -0.05) is 11.6 Å². The van der Waals surface area contributed by atoms with Gasteiger partial charge in [0.25, 0.3) is 0 Å². The van der Waals surface area contributed by atoms with E-state index in [9.17, 15) is 8.42 Å². The van der Waals surface area contributed by atoms with Crippen molar-refractivity contribution < 1.29 is 22.6 Å². The summed E-state index contributed by atoms with van der Waals surface area (Å²) in [6.45, 7) is 1.33. The number of nitrogens with one attached hydrogen (secondary N) is 1. The Morgan fingerprint density at radius 1 is 1.43 bits per heavy atom. The van der Waals surface area contributed by atoms with Crippen LogP contribution < -0.4 is 9.46 Å². The highest BCUT2D eigenvalue weighted by Crippen LogP contribution is 2.22. The van der Waals surface area contributed by atoms with E-state index in [0.29, 0.717) is 36.2 Å². The predicted octanol–water partition coefficient (Wildman–Crippen LogP) is 1.18. The van der Waals surface area contributed by atoms with Gasteiger partial charge in [-0.2, -0.15) is 0 Å². The summed E-state index contributed by atoms with van der Waals surface area (Å²) < 4.78 is 42.3. The van der Waals surface area contributed by atoms with Crippen molar-refractivity contribution in [1.29, 1.82) is 0 Å². The van der Waals surface area contributed by atoms with E-state index >= 15 is 0 Å². The highest BCUT2D eigenvalue weighted by Gasteiger charge is 2.22. The second-order valence-corrected chi connectivity index (χ2v) is 6.91. The largest absolute Gasteiger partial charge is 0.496 e. The van der Waals surface area contributed by atoms with Gasteiger partial charge in [0, 0.05) is 17.1 Å². The Balaban J connectivity index is 1.96. The lowest BCUT2D eigenvalue weighted by atomic mass is 10.2. The second kappa shape index (κ2) is 7.42. The highest BCUT2D eigenvalue weighted by atomic mass is 35.5. The summed E-state index contributed by atoms with van der Waals surface area (Å²) in [7, 11) is -1.95. The SMILES string of the molecule is COc1ccc(Cl)cc1CNS(=O)(=O)CC1COCCO1. The Labute approximate surface area is 129 Å². The zero-order valence-electron chi connectivity index (χ0n) is 11.7. The molecule has 1 atom stereocenters. The first-order chi connectivity index (χ1) is 10.00. The number of ether oxygens (including phenoxy) is 3. The summed E-state index contributed by atoms with van der Waals surface area (Å²) in [5.74, 6) is 0.454. The molecule has 0 aromatic heterocycles. The summed E-state index contributed by atoms with van der Waals surface area (Å²) in [4.78, 5) is 0. The maximum atomic E-state index is 12.0. The van der Waals surface area contributed by atoms with Gasteiger partial charge in [-0.05, 0) is 18.2 Å². The normalized spacial score (nSPS) is 19.4. The van der Waals surface area contributed by atoms with Gasteiger partial charge in [0.15, 0.2) is 0 Å². The van der Waals surface area contributed by atoms with Gasteiger partial charge in [-0.3, -0.25) is 0 Å². The van der Waals surface area contributed by atoms with Crippen LogP contribution in [0.3, 0.4) is 0 Å². The first kappa shape index (κ1) is 16.5. The van der Waals surface area contributed by atoms with Crippen molar-refractivity contribution >= 4 is 21.6 Å². The quantitative estimate of drug-likeness (QED) is 0.845. The maximum Gasteiger partial charge on any atom is 0.214 e. The number of rotatable bonds is 6. The molecule has 21 heavy (non-hydrogen) atoms. The van der Waals surface area contributed by atoms with Crippen molar-refractivity contribution in [2.45, 2.75) is 12.6 Å². The average molecular weight is 336 g/mol. The van der Waals surface area contributed by atoms with Crippen LogP contribution in [0.1, 0.15) is 5.56 Å². The minimum Gasteiger partial charge on any atom is -0.496 e. The minimum atomic E-state index is -3.47. The molecule has 1 aliphatic rings. The molecule has 1 aromatic carbocycles. The summed E-state index contributed by atoms with van der Waals surface area (Å²) in [5.41, 5.74) is 0.675. The lowest BCUT2D eigenvalue weighted by molar-refractivity contribution is -0.0783. The van der Waals surface area contributed by atoms with Crippen LogP contribution in [-0.4, -0.2) is 47.2 Å². The van der Waals surface area contributed by atoms with E-state index in [0.717, 1.165) is 0 Å². The third-order valence-electron chi connectivity index (χ3n) is 3.02. The first-order valence-electron chi connectivity index (χ1n) is 6.49. The molecule has 1 aromatic rings. The van der Waals surface area contributed by atoms with Crippen LogP contribution in [0.25, 0.3) is 0 Å². The summed E-state index contributed by atoms with van der Waals surface area (Å²) in [6, 6.07) is 5.05. The third-order valence-corrected chi connectivity index (χ3v) is 4.65. The van der Waals surface area contributed by atoms with Crippen molar-refractivity contribution in [3.8, 4) is 5.75 Å². The van der Waals surface area contributed by atoms with Crippen LogP contribution in [0, 0.1) is 0 Å². The number of sulfonamides is 1. The first-order valence-corrected chi connectivity index (χ1v) is 8.52. The summed E-state index contributed by atoms with van der Waals surface area (Å²) >= 11 is 5.91. The van der Waals surface area contributed by atoms with E-state index in [4.69, 9.17) is 25.8 Å². The van der Waals surface area contributed by atoms with E-state index in [1.807, 2.05) is 0 Å². The van der Waals surface area contributed by atoms with Crippen LogP contribution in [0.5, 0.6) is 5.75 Å². The molecule has 1 heterocycles. The van der Waals surface area contributed by atoms with Gasteiger partial charge in [0.1, 0.15) is 5.75 Å². The molecular weight excluding hydrogens is 318 g/mol. The number of methoxy groups -OCH3 is 1. The van der Waals surface area contributed by atoms with E-state index in [2.05, 4.69) is 4.72 Å². The number of benzene rings is 1. The van der Waals surface area contributed by atoms with Crippen LogP contribution in [0.4, 0.5) is 0 Å². The predicted molar refractivity (Wildman–Crippen MR) is 79.2 cm³/mol. The van der Waals surface area contributed by atoms with Crippen molar-refractivity contribution in [2.75, 3.05) is 32.7 Å². The Hall–Kier alpha value is -0.860. The van der Waals surface area contributed by atoms with E-state index in [1.54, 1.807) is 18.2 Å². The van der Waals surface area contributed by atoms with Crippen molar-refractivity contribution in [1.82, 2.24) is 4.72 Å². The van der Waals surface area contributed by atoms with Gasteiger partial charge < -0.3 is 14.2 Å². The molecule has 1 fully saturated rings. The molecule has 1 N–H and O–H groups in total. The molecule has 1 unspecified atom stereocenters. The Morgan fingerprint density at radius 2 is 2.24 bits per heavy atom. The lowest BCUT2D eigenvalue weighted by Gasteiger charge is -2.22. The van der Waals surface area contributed by atoms with E-state index in [-0.39, 0.29) is 12.3 Å². The molecule has 1 aliphatic heterocycles. The number of hydrogen-bond acceptors (Lipinski definition) is 5. The topological polar surface area (TPSA) is 73.9 Å². The maximum absolute atomic E-state index is 12.0. The van der Waals surface area contributed by atoms with Gasteiger partial charge in [0.05, 0.1) is 38.8 Å². The number of hydrogen-bond donors (Lipinski definition) is 1. The Morgan fingerprint density at radius 3 is 2.90 bits per heavy atom. The molecular formula is C13H18ClNO5S. The molecule has 1 saturated heterocycles. The van der Waals surface area contributed by atoms with Crippen molar-refractivity contribution in [3.05, 3.63) is 28.8 Å². The van der Waals surface area contributed by atoms with Crippen molar-refractivity contribution in [3.63, 3.8) is 0 Å².